The lowest BCUT2D eigenvalue weighted by Crippen LogP contribution is -2.12. The smallest absolute Gasteiger partial charge is 0.340 e. The third-order valence-electron chi connectivity index (χ3n) is 1.93. The van der Waals surface area contributed by atoms with Crippen LogP contribution < -0.4 is 10.5 Å². The molecule has 0 fully saturated rings. The molecule has 0 bridgehead atoms. The van der Waals surface area contributed by atoms with Crippen molar-refractivity contribution in [2.45, 2.75) is 6.43 Å². The van der Waals surface area contributed by atoms with Gasteiger partial charge in [0.15, 0.2) is 0 Å². The molecule has 1 heterocycles. The number of hydrogen-bond acceptors (Lipinski definition) is 5. The Hall–Kier alpha value is -1.92. The Bertz CT molecular complexity index is 410. The van der Waals surface area contributed by atoms with E-state index < -0.39 is 23.5 Å². The van der Waals surface area contributed by atoms with Crippen molar-refractivity contribution in [2.75, 3.05) is 20.0 Å². The topological polar surface area (TPSA) is 74.4 Å². The zero-order valence-corrected chi connectivity index (χ0v) is 8.66. The Morgan fingerprint density at radius 3 is 2.56 bits per heavy atom. The fraction of sp³-hybridized carbons (Fsp3) is 0.333. The van der Waals surface area contributed by atoms with Crippen LogP contribution in [0.2, 0.25) is 0 Å². The van der Waals surface area contributed by atoms with E-state index in [2.05, 4.69) is 9.72 Å². The predicted molar refractivity (Wildman–Crippen MR) is 51.5 cm³/mol. The highest BCUT2D eigenvalue weighted by Crippen LogP contribution is 2.31. The molecule has 0 aliphatic heterocycles. The lowest BCUT2D eigenvalue weighted by molar-refractivity contribution is 0.0590. The van der Waals surface area contributed by atoms with E-state index in [0.717, 1.165) is 13.3 Å². The Kier molecular flexibility index (Phi) is 3.60. The number of alkyl halides is 2. The molecule has 0 aliphatic rings. The molecule has 5 nitrogen and oxygen atoms in total. The standard InChI is InChI=1S/C9H10F2N2O3/c1-15-8-6(12)5(9(14)16-2)4(3-13-8)7(10)11/h3,7H,12H2,1-2H3. The van der Waals surface area contributed by atoms with Gasteiger partial charge in [0.05, 0.1) is 25.3 Å². The maximum atomic E-state index is 12.6. The van der Waals surface area contributed by atoms with Crippen molar-refractivity contribution in [3.8, 4) is 5.88 Å². The largest absolute Gasteiger partial charge is 0.480 e. The van der Waals surface area contributed by atoms with Crippen molar-refractivity contribution in [3.63, 3.8) is 0 Å². The number of esters is 1. The van der Waals surface area contributed by atoms with Crippen molar-refractivity contribution in [1.29, 1.82) is 0 Å². The van der Waals surface area contributed by atoms with Crippen molar-refractivity contribution < 1.29 is 23.0 Å². The fourth-order valence-electron chi connectivity index (χ4n) is 1.18. The number of ether oxygens (including phenoxy) is 2. The summed E-state index contributed by atoms with van der Waals surface area (Å²) in [4.78, 5) is 14.9. The number of aromatic nitrogens is 1. The zero-order chi connectivity index (χ0) is 12.3. The van der Waals surface area contributed by atoms with Gasteiger partial charge in [0.2, 0.25) is 5.88 Å². The summed E-state index contributed by atoms with van der Waals surface area (Å²) in [5.74, 6) is -1.04. The predicted octanol–water partition coefficient (Wildman–Crippen LogP) is 1.40. The van der Waals surface area contributed by atoms with E-state index in [9.17, 15) is 13.6 Å². The van der Waals surface area contributed by atoms with Crippen LogP contribution >= 0.6 is 0 Å². The van der Waals surface area contributed by atoms with Crippen LogP contribution in [0.5, 0.6) is 5.88 Å². The van der Waals surface area contributed by atoms with E-state index in [4.69, 9.17) is 10.5 Å². The molecule has 0 unspecified atom stereocenters. The molecule has 2 N–H and O–H groups in total. The third kappa shape index (κ3) is 2.02. The second kappa shape index (κ2) is 4.73. The van der Waals surface area contributed by atoms with Gasteiger partial charge >= 0.3 is 5.97 Å². The molecule has 0 spiro atoms. The molecule has 0 aliphatic carbocycles. The van der Waals surface area contributed by atoms with Crippen LogP contribution in [0.3, 0.4) is 0 Å². The number of anilines is 1. The van der Waals surface area contributed by atoms with Gasteiger partial charge in [0, 0.05) is 6.20 Å². The SMILES string of the molecule is COC(=O)c1c(C(F)F)cnc(OC)c1N. The average molecular weight is 232 g/mol. The summed E-state index contributed by atoms with van der Waals surface area (Å²) in [6, 6.07) is 0. The van der Waals surface area contributed by atoms with Gasteiger partial charge in [0.1, 0.15) is 5.69 Å². The van der Waals surface area contributed by atoms with E-state index >= 15 is 0 Å². The molecule has 0 radical (unpaired) electrons. The first-order valence-corrected chi connectivity index (χ1v) is 4.21. The monoisotopic (exact) mass is 232 g/mol. The van der Waals surface area contributed by atoms with Gasteiger partial charge in [-0.25, -0.2) is 18.6 Å². The van der Waals surface area contributed by atoms with E-state index in [1.165, 1.54) is 7.11 Å². The minimum atomic E-state index is -2.87. The minimum absolute atomic E-state index is 0.0928. The van der Waals surface area contributed by atoms with Crippen molar-refractivity contribution in [2.24, 2.45) is 0 Å². The molecular formula is C9H10F2N2O3. The second-order valence-corrected chi connectivity index (χ2v) is 2.80. The Labute approximate surface area is 90.2 Å². The summed E-state index contributed by atoms with van der Waals surface area (Å²) in [5, 5.41) is 0. The highest BCUT2D eigenvalue weighted by molar-refractivity contribution is 5.97. The molecule has 0 amide bonds. The van der Waals surface area contributed by atoms with Crippen LogP contribution in [0.25, 0.3) is 0 Å². The Balaban J connectivity index is 3.42. The van der Waals surface area contributed by atoms with E-state index in [-0.39, 0.29) is 11.6 Å². The molecule has 1 aromatic rings. The summed E-state index contributed by atoms with van der Waals surface area (Å²) >= 11 is 0. The number of carbonyl (C=O) groups is 1. The molecule has 0 atom stereocenters. The summed E-state index contributed by atoms with van der Waals surface area (Å²) in [5.41, 5.74) is 4.24. The maximum Gasteiger partial charge on any atom is 0.340 e. The summed E-state index contributed by atoms with van der Waals surface area (Å²) in [6.45, 7) is 0. The Morgan fingerprint density at radius 2 is 2.12 bits per heavy atom. The average Bonchev–Trinajstić information content (AvgIpc) is 2.27. The van der Waals surface area contributed by atoms with Gasteiger partial charge in [-0.05, 0) is 0 Å². The van der Waals surface area contributed by atoms with E-state index in [0.29, 0.717) is 0 Å². The van der Waals surface area contributed by atoms with Gasteiger partial charge < -0.3 is 15.2 Å². The molecule has 1 aromatic heterocycles. The maximum absolute atomic E-state index is 12.6. The Morgan fingerprint density at radius 1 is 1.50 bits per heavy atom. The highest BCUT2D eigenvalue weighted by Gasteiger charge is 2.25. The van der Waals surface area contributed by atoms with Crippen LogP contribution in [0.1, 0.15) is 22.3 Å². The normalized spacial score (nSPS) is 10.3. The number of pyridine rings is 1. The number of nitrogens with two attached hydrogens (primary N) is 1. The molecule has 88 valence electrons. The summed E-state index contributed by atoms with van der Waals surface area (Å²) in [7, 11) is 2.34. The lowest BCUT2D eigenvalue weighted by atomic mass is 10.1. The number of hydrogen-bond donors (Lipinski definition) is 1. The fourth-order valence-corrected chi connectivity index (χ4v) is 1.18. The molecule has 16 heavy (non-hydrogen) atoms. The van der Waals surface area contributed by atoms with Crippen LogP contribution in [0, 0.1) is 0 Å². The summed E-state index contributed by atoms with van der Waals surface area (Å²) in [6.07, 6.45) is -2.03. The quantitative estimate of drug-likeness (QED) is 0.797. The molecule has 1 rings (SSSR count). The van der Waals surface area contributed by atoms with E-state index in [1.807, 2.05) is 0 Å². The van der Waals surface area contributed by atoms with Crippen molar-refractivity contribution in [3.05, 3.63) is 17.3 Å². The van der Waals surface area contributed by atoms with Gasteiger partial charge in [-0.15, -0.1) is 0 Å². The third-order valence-corrected chi connectivity index (χ3v) is 1.93. The number of methoxy groups -OCH3 is 2. The van der Waals surface area contributed by atoms with Crippen molar-refractivity contribution in [1.82, 2.24) is 4.98 Å². The number of nitrogen functional groups attached to an aromatic ring is 1. The lowest BCUT2D eigenvalue weighted by Gasteiger charge is -2.11. The molecule has 0 saturated heterocycles. The number of nitrogens with zero attached hydrogens (tertiary/aromatic N) is 1. The van der Waals surface area contributed by atoms with Gasteiger partial charge in [-0.1, -0.05) is 0 Å². The molecule has 0 aromatic carbocycles. The number of carbonyl (C=O) groups excluding carboxylic acids is 1. The highest BCUT2D eigenvalue weighted by atomic mass is 19.3. The molecule has 0 saturated carbocycles. The number of rotatable bonds is 3. The first-order chi connectivity index (χ1) is 7.52. The second-order valence-electron chi connectivity index (χ2n) is 2.80. The molecular weight excluding hydrogens is 222 g/mol. The van der Waals surface area contributed by atoms with Crippen LogP contribution in [-0.4, -0.2) is 25.2 Å². The van der Waals surface area contributed by atoms with Crippen LogP contribution in [0.15, 0.2) is 6.20 Å². The minimum Gasteiger partial charge on any atom is -0.480 e. The van der Waals surface area contributed by atoms with Crippen LogP contribution in [-0.2, 0) is 4.74 Å². The van der Waals surface area contributed by atoms with E-state index in [1.54, 1.807) is 0 Å². The van der Waals surface area contributed by atoms with Crippen LogP contribution in [0.4, 0.5) is 14.5 Å². The number of halogens is 2. The first kappa shape index (κ1) is 12.2. The molecule has 7 heteroatoms. The van der Waals surface area contributed by atoms with Crippen molar-refractivity contribution >= 4 is 11.7 Å². The first-order valence-electron chi connectivity index (χ1n) is 4.21. The van der Waals surface area contributed by atoms with Gasteiger partial charge in [0.25, 0.3) is 6.43 Å². The zero-order valence-electron chi connectivity index (χ0n) is 8.66. The van der Waals surface area contributed by atoms with Gasteiger partial charge in [-0.3, -0.25) is 0 Å². The summed E-state index contributed by atoms with van der Waals surface area (Å²) < 4.78 is 34.3. The van der Waals surface area contributed by atoms with Gasteiger partial charge in [-0.2, -0.15) is 0 Å².